The molecule has 0 bridgehead atoms. The molecule has 2 heterocycles. The number of thioether (sulfide) groups is 1. The summed E-state index contributed by atoms with van der Waals surface area (Å²) in [6.07, 6.45) is 5.24. The molecule has 34 heavy (non-hydrogen) atoms. The molecule has 1 N–H and O–H groups in total. The molecule has 1 amide bonds. The second kappa shape index (κ2) is 12.0. The number of carbonyl (C=O) groups is 1. The van der Waals surface area contributed by atoms with Gasteiger partial charge in [-0.05, 0) is 41.8 Å². The molecule has 6 nitrogen and oxygen atoms in total. The molecule has 2 aromatic heterocycles. The van der Waals surface area contributed by atoms with Crippen LogP contribution >= 0.6 is 35.0 Å². The summed E-state index contributed by atoms with van der Waals surface area (Å²) >= 11 is 14.0. The lowest BCUT2D eigenvalue weighted by molar-refractivity contribution is -0.121. The van der Waals surface area contributed by atoms with Gasteiger partial charge in [0.2, 0.25) is 5.91 Å². The van der Waals surface area contributed by atoms with E-state index in [2.05, 4.69) is 32.6 Å². The first-order valence-corrected chi connectivity index (χ1v) is 12.6. The van der Waals surface area contributed by atoms with E-state index in [9.17, 15) is 4.79 Å². The average molecular weight is 512 g/mol. The quantitative estimate of drug-likeness (QED) is 0.217. The normalized spacial score (nSPS) is 10.9. The van der Waals surface area contributed by atoms with Crippen molar-refractivity contribution in [2.24, 2.45) is 0 Å². The Kier molecular flexibility index (Phi) is 8.57. The number of rotatable bonds is 10. The highest BCUT2D eigenvalue weighted by Crippen LogP contribution is 2.29. The minimum absolute atomic E-state index is 0.0140. The molecule has 9 heteroatoms. The Morgan fingerprint density at radius 3 is 2.56 bits per heavy atom. The summed E-state index contributed by atoms with van der Waals surface area (Å²) in [5, 5.41) is 13.5. The first-order valence-electron chi connectivity index (χ1n) is 10.8. The first kappa shape index (κ1) is 24.3. The number of pyridine rings is 1. The standard InChI is InChI=1S/C25H23Cl2N5OS/c26-21-11-10-20(15-22(21)27)32-23(14-18-6-2-1-3-7-18)30-31-25(32)34-13-5-9-24(33)29-17-19-8-4-12-28-16-19/h1-4,6-8,10-12,15-16H,5,9,13-14,17H2,(H,29,33). The van der Waals surface area contributed by atoms with Gasteiger partial charge in [-0.1, -0.05) is 71.4 Å². The summed E-state index contributed by atoms with van der Waals surface area (Å²) in [5.74, 6) is 1.55. The maximum atomic E-state index is 12.2. The van der Waals surface area contributed by atoms with Crippen LogP contribution in [0.1, 0.15) is 29.8 Å². The van der Waals surface area contributed by atoms with Gasteiger partial charge in [-0.2, -0.15) is 0 Å². The third-order valence-corrected chi connectivity index (χ3v) is 6.81. The van der Waals surface area contributed by atoms with Crippen molar-refractivity contribution in [3.63, 3.8) is 0 Å². The Labute approximate surface area is 212 Å². The molecule has 0 unspecified atom stereocenters. The number of nitrogens with one attached hydrogen (secondary N) is 1. The van der Waals surface area contributed by atoms with Crippen molar-refractivity contribution < 1.29 is 4.79 Å². The zero-order valence-electron chi connectivity index (χ0n) is 18.3. The summed E-state index contributed by atoms with van der Waals surface area (Å²) in [6, 6.07) is 19.4. The first-order chi connectivity index (χ1) is 16.6. The number of nitrogens with zero attached hydrogens (tertiary/aromatic N) is 4. The molecule has 0 radical (unpaired) electrons. The third kappa shape index (κ3) is 6.59. The number of hydrogen-bond acceptors (Lipinski definition) is 5. The van der Waals surface area contributed by atoms with Crippen LogP contribution in [0.25, 0.3) is 5.69 Å². The summed E-state index contributed by atoms with van der Waals surface area (Å²) < 4.78 is 2.00. The number of carbonyl (C=O) groups excluding carboxylic acids is 1. The van der Waals surface area contributed by atoms with E-state index < -0.39 is 0 Å². The summed E-state index contributed by atoms with van der Waals surface area (Å²) in [4.78, 5) is 16.2. The largest absolute Gasteiger partial charge is 0.352 e. The van der Waals surface area contributed by atoms with Crippen LogP contribution in [0.15, 0.2) is 78.2 Å². The molecule has 0 saturated carbocycles. The van der Waals surface area contributed by atoms with Gasteiger partial charge in [-0.3, -0.25) is 14.3 Å². The van der Waals surface area contributed by atoms with Crippen molar-refractivity contribution in [3.05, 3.63) is 100 Å². The third-order valence-electron chi connectivity index (χ3n) is 5.06. The van der Waals surface area contributed by atoms with Crippen LogP contribution < -0.4 is 5.32 Å². The van der Waals surface area contributed by atoms with Gasteiger partial charge in [-0.15, -0.1) is 10.2 Å². The van der Waals surface area contributed by atoms with Crippen molar-refractivity contribution >= 4 is 40.9 Å². The van der Waals surface area contributed by atoms with Gasteiger partial charge in [0, 0.05) is 37.5 Å². The fraction of sp³-hybridized carbons (Fsp3) is 0.200. The fourth-order valence-corrected chi connectivity index (χ4v) is 4.56. The van der Waals surface area contributed by atoms with E-state index in [-0.39, 0.29) is 5.91 Å². The van der Waals surface area contributed by atoms with E-state index in [1.165, 1.54) is 0 Å². The lowest BCUT2D eigenvalue weighted by Crippen LogP contribution is -2.22. The van der Waals surface area contributed by atoms with Gasteiger partial charge in [0.25, 0.3) is 0 Å². The van der Waals surface area contributed by atoms with E-state index in [4.69, 9.17) is 23.2 Å². The maximum absolute atomic E-state index is 12.2. The van der Waals surface area contributed by atoms with Gasteiger partial charge < -0.3 is 5.32 Å². The van der Waals surface area contributed by atoms with Crippen molar-refractivity contribution in [2.45, 2.75) is 31.0 Å². The highest BCUT2D eigenvalue weighted by Gasteiger charge is 2.16. The molecule has 4 aromatic rings. The Morgan fingerprint density at radius 2 is 1.79 bits per heavy atom. The minimum Gasteiger partial charge on any atom is -0.352 e. The zero-order chi connectivity index (χ0) is 23.8. The van der Waals surface area contributed by atoms with E-state index in [0.29, 0.717) is 35.9 Å². The fourth-order valence-electron chi connectivity index (χ4n) is 3.36. The molecular formula is C25H23Cl2N5OS. The molecule has 0 atom stereocenters. The molecule has 0 spiro atoms. The number of hydrogen-bond donors (Lipinski definition) is 1. The summed E-state index contributed by atoms with van der Waals surface area (Å²) in [5.41, 5.74) is 2.96. The maximum Gasteiger partial charge on any atom is 0.220 e. The second-order valence-electron chi connectivity index (χ2n) is 7.59. The van der Waals surface area contributed by atoms with Crippen LogP contribution in [0.5, 0.6) is 0 Å². The lowest BCUT2D eigenvalue weighted by Gasteiger charge is -2.11. The number of amides is 1. The molecular weight excluding hydrogens is 489 g/mol. The van der Waals surface area contributed by atoms with E-state index in [1.807, 2.05) is 47.0 Å². The predicted octanol–water partition coefficient (Wildman–Crippen LogP) is 5.75. The van der Waals surface area contributed by atoms with Gasteiger partial charge in [0.15, 0.2) is 5.16 Å². The molecule has 0 fully saturated rings. The minimum atomic E-state index is 0.0140. The van der Waals surface area contributed by atoms with Gasteiger partial charge in [0.05, 0.1) is 15.7 Å². The highest BCUT2D eigenvalue weighted by atomic mass is 35.5. The van der Waals surface area contributed by atoms with Gasteiger partial charge >= 0.3 is 0 Å². The van der Waals surface area contributed by atoms with Crippen molar-refractivity contribution in [2.75, 3.05) is 5.75 Å². The summed E-state index contributed by atoms with van der Waals surface area (Å²) in [6.45, 7) is 0.480. The lowest BCUT2D eigenvalue weighted by atomic mass is 10.1. The zero-order valence-corrected chi connectivity index (χ0v) is 20.7. The molecule has 0 aliphatic carbocycles. The molecule has 4 rings (SSSR count). The Hall–Kier alpha value is -2.87. The molecule has 2 aromatic carbocycles. The van der Waals surface area contributed by atoms with Crippen LogP contribution in [-0.2, 0) is 17.8 Å². The van der Waals surface area contributed by atoms with Crippen molar-refractivity contribution in [1.29, 1.82) is 0 Å². The van der Waals surface area contributed by atoms with Crippen LogP contribution in [0.3, 0.4) is 0 Å². The monoisotopic (exact) mass is 511 g/mol. The van der Waals surface area contributed by atoms with Crippen molar-refractivity contribution in [1.82, 2.24) is 25.1 Å². The number of aromatic nitrogens is 4. The van der Waals surface area contributed by atoms with E-state index in [0.717, 1.165) is 33.5 Å². The molecule has 0 aliphatic rings. The van der Waals surface area contributed by atoms with Crippen LogP contribution in [0.4, 0.5) is 0 Å². The predicted molar refractivity (Wildman–Crippen MR) is 137 cm³/mol. The van der Waals surface area contributed by atoms with Crippen LogP contribution in [-0.4, -0.2) is 31.4 Å². The van der Waals surface area contributed by atoms with Crippen LogP contribution in [0.2, 0.25) is 10.0 Å². The highest BCUT2D eigenvalue weighted by molar-refractivity contribution is 7.99. The average Bonchev–Trinajstić information content (AvgIpc) is 3.25. The molecule has 174 valence electrons. The van der Waals surface area contributed by atoms with Gasteiger partial charge in [-0.25, -0.2) is 0 Å². The van der Waals surface area contributed by atoms with Gasteiger partial charge in [0.1, 0.15) is 5.82 Å². The Balaban J connectivity index is 1.40. The Bertz CT molecular complexity index is 1230. The summed E-state index contributed by atoms with van der Waals surface area (Å²) in [7, 11) is 0. The second-order valence-corrected chi connectivity index (χ2v) is 9.46. The Morgan fingerprint density at radius 1 is 0.971 bits per heavy atom. The van der Waals surface area contributed by atoms with Crippen LogP contribution in [0, 0.1) is 0 Å². The molecule has 0 aliphatic heterocycles. The smallest absolute Gasteiger partial charge is 0.220 e. The number of benzene rings is 2. The van der Waals surface area contributed by atoms with E-state index >= 15 is 0 Å². The topological polar surface area (TPSA) is 72.7 Å². The molecule has 0 saturated heterocycles. The van der Waals surface area contributed by atoms with E-state index in [1.54, 1.807) is 30.2 Å². The number of halogens is 2. The van der Waals surface area contributed by atoms with Crippen molar-refractivity contribution in [3.8, 4) is 5.69 Å². The SMILES string of the molecule is O=C(CCCSc1nnc(Cc2ccccc2)n1-c1ccc(Cl)c(Cl)c1)NCc1cccnc1.